The van der Waals surface area contributed by atoms with Crippen molar-refractivity contribution in [2.24, 2.45) is 11.8 Å². The molecule has 3 atom stereocenters. The number of carbonyl (C=O) groups is 2. The minimum Gasteiger partial charge on any atom is -0.469 e. The highest BCUT2D eigenvalue weighted by atomic mass is 16.6. The third kappa shape index (κ3) is 2.44. The second-order valence-corrected chi connectivity index (χ2v) is 6.15. The quantitative estimate of drug-likeness (QED) is 0.670. The van der Waals surface area contributed by atoms with Gasteiger partial charge < -0.3 is 14.4 Å². The van der Waals surface area contributed by atoms with Crippen molar-refractivity contribution in [1.82, 2.24) is 4.90 Å². The number of nitrogens with zero attached hydrogens (tertiary/aromatic N) is 1. The van der Waals surface area contributed by atoms with Gasteiger partial charge in [-0.25, -0.2) is 4.79 Å². The van der Waals surface area contributed by atoms with Crippen LogP contribution in [0, 0.1) is 11.8 Å². The third-order valence-corrected chi connectivity index (χ3v) is 3.67. The van der Waals surface area contributed by atoms with Gasteiger partial charge >= 0.3 is 12.1 Å². The molecule has 2 aliphatic rings. The van der Waals surface area contributed by atoms with Gasteiger partial charge in [0.15, 0.2) is 0 Å². The number of ether oxygens (including phenoxy) is 2. The van der Waals surface area contributed by atoms with Crippen molar-refractivity contribution in [3.05, 3.63) is 0 Å². The number of hydrogen-bond donors (Lipinski definition) is 0. The van der Waals surface area contributed by atoms with Gasteiger partial charge in [-0.2, -0.15) is 0 Å². The van der Waals surface area contributed by atoms with Crippen molar-refractivity contribution in [3.8, 4) is 0 Å². The summed E-state index contributed by atoms with van der Waals surface area (Å²) in [4.78, 5) is 25.3. The first-order chi connectivity index (χ1) is 8.31. The largest absolute Gasteiger partial charge is 0.469 e. The van der Waals surface area contributed by atoms with E-state index in [-0.39, 0.29) is 29.9 Å². The van der Waals surface area contributed by atoms with E-state index < -0.39 is 5.60 Å². The van der Waals surface area contributed by atoms with Crippen LogP contribution < -0.4 is 0 Å². The van der Waals surface area contributed by atoms with Gasteiger partial charge in [0.25, 0.3) is 0 Å². The molecule has 102 valence electrons. The average molecular weight is 255 g/mol. The molecular formula is C13H21NO4. The zero-order chi connectivity index (χ0) is 13.5. The molecule has 2 fully saturated rings. The molecule has 5 heteroatoms. The SMILES string of the molecule is COC(=O)C1CC2CC1CN2C(=O)OC(C)(C)C. The Kier molecular flexibility index (Phi) is 3.25. The molecule has 1 amide bonds. The molecule has 0 spiro atoms. The lowest BCUT2D eigenvalue weighted by Crippen LogP contribution is -2.44. The first kappa shape index (κ1) is 13.2. The summed E-state index contributed by atoms with van der Waals surface area (Å²) in [5, 5.41) is 0. The van der Waals surface area contributed by atoms with E-state index in [0.717, 1.165) is 6.42 Å². The Balaban J connectivity index is 1.95. The van der Waals surface area contributed by atoms with Crippen LogP contribution in [0.25, 0.3) is 0 Å². The predicted octanol–water partition coefficient (Wildman–Crippen LogP) is 1.80. The molecule has 1 aliphatic carbocycles. The standard InChI is InChI=1S/C13H21NO4/c1-13(2,3)18-12(16)14-7-8-5-9(14)6-10(8)11(15)17-4/h8-10H,5-7H2,1-4H3. The molecule has 5 nitrogen and oxygen atoms in total. The molecule has 0 aromatic rings. The average Bonchev–Trinajstić information content (AvgIpc) is 2.84. The maximum atomic E-state index is 12.0. The Morgan fingerprint density at radius 2 is 1.89 bits per heavy atom. The fourth-order valence-corrected chi connectivity index (χ4v) is 2.94. The summed E-state index contributed by atoms with van der Waals surface area (Å²) in [6, 6.07) is 0.133. The van der Waals surface area contributed by atoms with Crippen LogP contribution in [0.2, 0.25) is 0 Å². The maximum Gasteiger partial charge on any atom is 0.410 e. The molecule has 1 saturated carbocycles. The Morgan fingerprint density at radius 1 is 1.22 bits per heavy atom. The fourth-order valence-electron chi connectivity index (χ4n) is 2.94. The normalized spacial score (nSPS) is 30.4. The summed E-state index contributed by atoms with van der Waals surface area (Å²) < 4.78 is 10.2. The van der Waals surface area contributed by atoms with Gasteiger partial charge in [-0.15, -0.1) is 0 Å². The zero-order valence-electron chi connectivity index (χ0n) is 11.4. The summed E-state index contributed by atoms with van der Waals surface area (Å²) in [5.74, 6) is 0.0417. The molecule has 0 aromatic carbocycles. The van der Waals surface area contributed by atoms with E-state index in [4.69, 9.17) is 9.47 Å². The number of fused-ring (bicyclic) bond motifs is 2. The van der Waals surface area contributed by atoms with Crippen molar-refractivity contribution < 1.29 is 19.1 Å². The summed E-state index contributed by atoms with van der Waals surface area (Å²) in [6.45, 7) is 6.18. The monoisotopic (exact) mass is 255 g/mol. The van der Waals surface area contributed by atoms with Crippen LogP contribution in [0.5, 0.6) is 0 Å². The summed E-state index contributed by atoms with van der Waals surface area (Å²) in [5.41, 5.74) is -0.472. The number of hydrogen-bond acceptors (Lipinski definition) is 4. The van der Waals surface area contributed by atoms with E-state index in [1.54, 1.807) is 4.90 Å². The lowest BCUT2D eigenvalue weighted by Gasteiger charge is -2.32. The number of piperidine rings is 1. The van der Waals surface area contributed by atoms with Crippen LogP contribution in [-0.2, 0) is 14.3 Å². The highest BCUT2D eigenvalue weighted by Crippen LogP contribution is 2.43. The molecule has 3 unspecified atom stereocenters. The Labute approximate surface area is 107 Å². The number of carbonyl (C=O) groups excluding carboxylic acids is 2. The van der Waals surface area contributed by atoms with Crippen molar-refractivity contribution in [2.75, 3.05) is 13.7 Å². The lowest BCUT2D eigenvalue weighted by molar-refractivity contribution is -0.147. The van der Waals surface area contributed by atoms with E-state index >= 15 is 0 Å². The Hall–Kier alpha value is -1.26. The van der Waals surface area contributed by atoms with Gasteiger partial charge in [0, 0.05) is 12.6 Å². The molecule has 1 saturated heterocycles. The third-order valence-electron chi connectivity index (χ3n) is 3.67. The van der Waals surface area contributed by atoms with Gasteiger partial charge in [-0.1, -0.05) is 0 Å². The number of rotatable bonds is 1. The minimum atomic E-state index is -0.472. The van der Waals surface area contributed by atoms with Crippen molar-refractivity contribution in [3.63, 3.8) is 0 Å². The van der Waals surface area contributed by atoms with Crippen LogP contribution in [0.15, 0.2) is 0 Å². The minimum absolute atomic E-state index is 0.0429. The molecule has 1 aliphatic heterocycles. The van der Waals surface area contributed by atoms with E-state index in [1.165, 1.54) is 7.11 Å². The van der Waals surface area contributed by atoms with Gasteiger partial charge in [-0.05, 0) is 39.5 Å². The van der Waals surface area contributed by atoms with Crippen LogP contribution >= 0.6 is 0 Å². The van der Waals surface area contributed by atoms with Crippen LogP contribution in [-0.4, -0.2) is 42.3 Å². The van der Waals surface area contributed by atoms with Crippen molar-refractivity contribution in [2.45, 2.75) is 45.3 Å². The number of esters is 1. The van der Waals surface area contributed by atoms with Crippen LogP contribution in [0.4, 0.5) is 4.79 Å². The topological polar surface area (TPSA) is 55.8 Å². The molecule has 2 bridgehead atoms. The Bertz CT molecular complexity index is 360. The second-order valence-electron chi connectivity index (χ2n) is 6.15. The molecule has 0 aromatic heterocycles. The summed E-state index contributed by atoms with van der Waals surface area (Å²) >= 11 is 0. The lowest BCUT2D eigenvalue weighted by atomic mass is 9.95. The van der Waals surface area contributed by atoms with E-state index in [2.05, 4.69) is 0 Å². The summed E-state index contributed by atoms with van der Waals surface area (Å²) in [6.07, 6.45) is 1.33. The number of amides is 1. The van der Waals surface area contributed by atoms with Gasteiger partial charge in [0.2, 0.25) is 0 Å². The maximum absolute atomic E-state index is 12.0. The smallest absolute Gasteiger partial charge is 0.410 e. The molecule has 0 radical (unpaired) electrons. The van der Waals surface area contributed by atoms with E-state index in [9.17, 15) is 9.59 Å². The molecule has 18 heavy (non-hydrogen) atoms. The van der Waals surface area contributed by atoms with Crippen molar-refractivity contribution >= 4 is 12.1 Å². The highest BCUT2D eigenvalue weighted by Gasteiger charge is 2.50. The number of likely N-dealkylation sites (tertiary alicyclic amines) is 1. The van der Waals surface area contributed by atoms with E-state index in [1.807, 2.05) is 20.8 Å². The van der Waals surface area contributed by atoms with Gasteiger partial charge in [0.1, 0.15) is 5.60 Å². The molecule has 1 heterocycles. The van der Waals surface area contributed by atoms with Crippen LogP contribution in [0.3, 0.4) is 0 Å². The van der Waals surface area contributed by atoms with Gasteiger partial charge in [0.05, 0.1) is 13.0 Å². The van der Waals surface area contributed by atoms with Crippen LogP contribution in [0.1, 0.15) is 33.6 Å². The first-order valence-electron chi connectivity index (χ1n) is 6.39. The summed E-state index contributed by atoms with van der Waals surface area (Å²) in [7, 11) is 1.42. The molecular weight excluding hydrogens is 234 g/mol. The molecule has 2 rings (SSSR count). The molecule has 0 N–H and O–H groups in total. The van der Waals surface area contributed by atoms with E-state index in [0.29, 0.717) is 13.0 Å². The first-order valence-corrected chi connectivity index (χ1v) is 6.39. The Morgan fingerprint density at radius 3 is 2.33 bits per heavy atom. The number of methoxy groups -OCH3 is 1. The van der Waals surface area contributed by atoms with Crippen molar-refractivity contribution in [1.29, 1.82) is 0 Å². The fraction of sp³-hybridized carbons (Fsp3) is 0.846. The highest BCUT2D eigenvalue weighted by molar-refractivity contribution is 5.75. The zero-order valence-corrected chi connectivity index (χ0v) is 11.4. The predicted molar refractivity (Wildman–Crippen MR) is 65.0 cm³/mol. The second kappa shape index (κ2) is 4.44. The van der Waals surface area contributed by atoms with Gasteiger partial charge in [-0.3, -0.25) is 4.79 Å².